The van der Waals surface area contributed by atoms with Gasteiger partial charge in [0.2, 0.25) is 0 Å². The van der Waals surface area contributed by atoms with Gasteiger partial charge in [-0.2, -0.15) is 0 Å². The van der Waals surface area contributed by atoms with E-state index >= 15 is 0 Å². The van der Waals surface area contributed by atoms with Crippen LogP contribution < -0.4 is 10.6 Å². The van der Waals surface area contributed by atoms with Gasteiger partial charge in [-0.05, 0) is 73.4 Å². The fourth-order valence-corrected chi connectivity index (χ4v) is 4.25. The number of H-pyrrole nitrogens is 1. The summed E-state index contributed by atoms with van der Waals surface area (Å²) in [6, 6.07) is 10.7. The van der Waals surface area contributed by atoms with E-state index in [-0.39, 0.29) is 5.82 Å². The highest BCUT2D eigenvalue weighted by Gasteiger charge is 2.17. The second-order valence-electron chi connectivity index (χ2n) is 9.03. The van der Waals surface area contributed by atoms with Gasteiger partial charge in [0.15, 0.2) is 0 Å². The molecule has 4 nitrogen and oxygen atoms in total. The molecule has 3 rings (SSSR count). The minimum atomic E-state index is -0.288. The summed E-state index contributed by atoms with van der Waals surface area (Å²) in [6.07, 6.45) is 12.1. The molecular weight excluding hydrogens is 483 g/mol. The second kappa shape index (κ2) is 13.2. The number of nitrogens with zero attached hydrogens (tertiary/aromatic N) is 1. The lowest BCUT2D eigenvalue weighted by Crippen LogP contribution is -2.09. The van der Waals surface area contributed by atoms with Crippen LogP contribution in [0.1, 0.15) is 53.9 Å². The third-order valence-electron chi connectivity index (χ3n) is 6.42. The number of aromatic amines is 1. The Hall–Kier alpha value is -4.64. The first-order chi connectivity index (χ1) is 18.8. The summed E-state index contributed by atoms with van der Waals surface area (Å²) >= 11 is 0. The molecular formula is C34H37FN4. The summed E-state index contributed by atoms with van der Waals surface area (Å²) < 4.78 is 14.0. The van der Waals surface area contributed by atoms with Crippen molar-refractivity contribution in [3.05, 3.63) is 150 Å². The lowest BCUT2D eigenvalue weighted by Gasteiger charge is -2.14. The molecule has 0 atom stereocenters. The van der Waals surface area contributed by atoms with Gasteiger partial charge in [0.1, 0.15) is 11.6 Å². The van der Waals surface area contributed by atoms with Gasteiger partial charge < -0.3 is 15.6 Å². The Labute approximate surface area is 231 Å². The van der Waals surface area contributed by atoms with E-state index in [9.17, 15) is 4.39 Å². The van der Waals surface area contributed by atoms with Gasteiger partial charge >= 0.3 is 0 Å². The Balaban J connectivity index is 2.05. The Morgan fingerprint density at radius 3 is 2.49 bits per heavy atom. The molecule has 0 saturated heterocycles. The standard InChI is InChI=1S/C34H37FN4/c1-9-14-30(26-15-13-16-28(35)17-26)32-20-33(39-24(32)7)23(6)31-19-27(21-37-34(31)36-8)25(11-3)18-29(12-4)38-22(5)10-2/h9,11-21,38-39H,1,4-6,10H2,2-3,7-8H3,(H,36,37)/b25-11+,29-18+,30-14-. The molecule has 0 unspecified atom stereocenters. The van der Waals surface area contributed by atoms with Gasteiger partial charge in [-0.25, -0.2) is 9.37 Å². The van der Waals surface area contributed by atoms with Crippen molar-refractivity contribution >= 4 is 22.5 Å². The average molecular weight is 521 g/mol. The Kier molecular flexibility index (Phi) is 9.82. The molecule has 5 heteroatoms. The van der Waals surface area contributed by atoms with E-state index in [1.807, 2.05) is 64.4 Å². The van der Waals surface area contributed by atoms with Crippen LogP contribution in [-0.4, -0.2) is 17.0 Å². The molecule has 2 aromatic heterocycles. The quantitative estimate of drug-likeness (QED) is 0.210. The van der Waals surface area contributed by atoms with Crippen LogP contribution in [0.15, 0.2) is 111 Å². The highest BCUT2D eigenvalue weighted by molar-refractivity contribution is 5.89. The van der Waals surface area contributed by atoms with Crippen molar-refractivity contribution in [3.63, 3.8) is 0 Å². The first-order valence-electron chi connectivity index (χ1n) is 12.9. The number of hydrogen-bond acceptors (Lipinski definition) is 3. The molecule has 200 valence electrons. The van der Waals surface area contributed by atoms with Crippen LogP contribution in [0.4, 0.5) is 10.2 Å². The predicted octanol–water partition coefficient (Wildman–Crippen LogP) is 8.56. The van der Waals surface area contributed by atoms with Crippen LogP contribution in [-0.2, 0) is 0 Å². The summed E-state index contributed by atoms with van der Waals surface area (Å²) in [5.41, 5.74) is 9.70. The maximum atomic E-state index is 14.0. The lowest BCUT2D eigenvalue weighted by molar-refractivity contribution is 0.627. The smallest absolute Gasteiger partial charge is 0.133 e. The Bertz CT molecular complexity index is 1500. The third-order valence-corrected chi connectivity index (χ3v) is 6.42. The number of benzene rings is 1. The summed E-state index contributed by atoms with van der Waals surface area (Å²) in [6.45, 7) is 22.3. The number of aromatic nitrogens is 2. The van der Waals surface area contributed by atoms with Gasteiger partial charge in [-0.15, -0.1) is 0 Å². The Morgan fingerprint density at radius 2 is 1.87 bits per heavy atom. The van der Waals surface area contributed by atoms with E-state index in [1.165, 1.54) is 12.1 Å². The van der Waals surface area contributed by atoms with Gasteiger partial charge in [0.05, 0.1) is 0 Å². The highest BCUT2D eigenvalue weighted by atomic mass is 19.1. The third kappa shape index (κ3) is 6.82. The minimum absolute atomic E-state index is 0.288. The molecule has 3 N–H and O–H groups in total. The number of hydrogen-bond donors (Lipinski definition) is 3. The van der Waals surface area contributed by atoms with E-state index in [2.05, 4.69) is 53.0 Å². The van der Waals surface area contributed by atoms with Gasteiger partial charge in [0.25, 0.3) is 0 Å². The summed E-state index contributed by atoms with van der Waals surface area (Å²) in [5.74, 6) is 0.426. The summed E-state index contributed by atoms with van der Waals surface area (Å²) in [7, 11) is 1.84. The van der Waals surface area contributed by atoms with Crippen molar-refractivity contribution in [2.24, 2.45) is 0 Å². The van der Waals surface area contributed by atoms with E-state index in [4.69, 9.17) is 0 Å². The first-order valence-corrected chi connectivity index (χ1v) is 12.9. The van der Waals surface area contributed by atoms with Crippen LogP contribution in [0.2, 0.25) is 0 Å². The largest absolute Gasteiger partial charge is 0.373 e. The predicted molar refractivity (Wildman–Crippen MR) is 166 cm³/mol. The van der Waals surface area contributed by atoms with E-state index in [0.717, 1.165) is 68.2 Å². The van der Waals surface area contributed by atoms with E-state index in [0.29, 0.717) is 5.82 Å². The van der Waals surface area contributed by atoms with Crippen molar-refractivity contribution in [1.82, 2.24) is 15.3 Å². The second-order valence-corrected chi connectivity index (χ2v) is 9.03. The molecule has 0 spiro atoms. The van der Waals surface area contributed by atoms with Crippen LogP contribution in [0, 0.1) is 12.7 Å². The van der Waals surface area contributed by atoms with Gasteiger partial charge in [0, 0.05) is 58.3 Å². The molecule has 1 aromatic carbocycles. The zero-order valence-corrected chi connectivity index (χ0v) is 23.3. The Morgan fingerprint density at radius 1 is 1.10 bits per heavy atom. The monoisotopic (exact) mass is 520 g/mol. The lowest BCUT2D eigenvalue weighted by atomic mass is 9.96. The maximum absolute atomic E-state index is 14.0. The number of pyridine rings is 1. The topological polar surface area (TPSA) is 52.7 Å². The molecule has 0 aliphatic carbocycles. The van der Waals surface area contributed by atoms with E-state index < -0.39 is 0 Å². The van der Waals surface area contributed by atoms with Crippen molar-refractivity contribution in [2.45, 2.75) is 27.2 Å². The molecule has 3 aromatic rings. The zero-order valence-electron chi connectivity index (χ0n) is 23.3. The SMILES string of the molecule is C=C/C=C(/c1cccc(F)c1)c1cc(C(=C)c2cc(C(/C=C(\C=C)NC(=C)CC)=C/C)cnc2NC)[nH]c1C. The van der Waals surface area contributed by atoms with E-state index in [1.54, 1.807) is 18.2 Å². The van der Waals surface area contributed by atoms with Crippen molar-refractivity contribution in [2.75, 3.05) is 12.4 Å². The number of rotatable bonds is 12. The molecule has 0 radical (unpaired) electrons. The summed E-state index contributed by atoms with van der Waals surface area (Å²) in [5, 5.41) is 6.49. The highest BCUT2D eigenvalue weighted by Crippen LogP contribution is 2.34. The van der Waals surface area contributed by atoms with Crippen LogP contribution in [0.3, 0.4) is 0 Å². The molecule has 2 heterocycles. The number of halogens is 1. The number of aryl methyl sites for hydroxylation is 1. The van der Waals surface area contributed by atoms with Crippen LogP contribution in [0.25, 0.3) is 16.7 Å². The maximum Gasteiger partial charge on any atom is 0.133 e. The fraction of sp³-hybridized carbons (Fsp3) is 0.147. The first kappa shape index (κ1) is 28.9. The fourth-order valence-electron chi connectivity index (χ4n) is 4.25. The molecule has 0 aliphatic rings. The average Bonchev–Trinajstić information content (AvgIpc) is 3.33. The van der Waals surface area contributed by atoms with Crippen LogP contribution >= 0.6 is 0 Å². The number of allylic oxidation sites excluding steroid dienone is 7. The molecule has 0 fully saturated rings. The number of nitrogens with one attached hydrogen (secondary N) is 3. The molecule has 0 bridgehead atoms. The minimum Gasteiger partial charge on any atom is -0.373 e. The van der Waals surface area contributed by atoms with Crippen LogP contribution in [0.5, 0.6) is 0 Å². The molecule has 39 heavy (non-hydrogen) atoms. The van der Waals surface area contributed by atoms with Gasteiger partial charge in [-0.3, -0.25) is 0 Å². The van der Waals surface area contributed by atoms with Crippen molar-refractivity contribution in [3.8, 4) is 0 Å². The van der Waals surface area contributed by atoms with Crippen molar-refractivity contribution in [1.29, 1.82) is 0 Å². The number of anilines is 1. The zero-order chi connectivity index (χ0) is 28.5. The van der Waals surface area contributed by atoms with Crippen molar-refractivity contribution < 1.29 is 4.39 Å². The molecule has 0 saturated carbocycles. The van der Waals surface area contributed by atoms with Gasteiger partial charge in [-0.1, -0.05) is 63.6 Å². The molecule has 0 amide bonds. The summed E-state index contributed by atoms with van der Waals surface area (Å²) in [4.78, 5) is 8.15. The molecule has 0 aliphatic heterocycles. The normalized spacial score (nSPS) is 12.2.